The maximum atomic E-state index is 11.8. The second-order valence-corrected chi connectivity index (χ2v) is 4.50. The summed E-state index contributed by atoms with van der Waals surface area (Å²) in [4.78, 5) is 16.4. The zero-order chi connectivity index (χ0) is 13.4. The summed E-state index contributed by atoms with van der Waals surface area (Å²) in [5.74, 6) is -0.354. The Labute approximate surface area is 123 Å². The van der Waals surface area contributed by atoms with Gasteiger partial charge in [0.15, 0.2) is 0 Å². The van der Waals surface area contributed by atoms with Crippen LogP contribution in [-0.2, 0) is 4.74 Å². The normalized spacial score (nSPS) is 10.3. The Morgan fingerprint density at radius 2 is 1.90 bits per heavy atom. The first-order chi connectivity index (χ1) is 9.20. The van der Waals surface area contributed by atoms with E-state index in [1.165, 1.54) is 7.11 Å². The Balaban J connectivity index is 0.00000147. The fourth-order valence-corrected chi connectivity index (χ4v) is 2.27. The molecule has 0 unspecified atom stereocenters. The van der Waals surface area contributed by atoms with Crippen LogP contribution < -0.4 is 0 Å². The zero-order valence-electron chi connectivity index (χ0n) is 11.2. The number of hydrogen-bond donors (Lipinski definition) is 0. The molecule has 3 rings (SSSR count). The van der Waals surface area contributed by atoms with Crippen molar-refractivity contribution in [1.82, 2.24) is 4.98 Å². The first kappa shape index (κ1) is 14.3. The molecule has 0 spiro atoms. The van der Waals surface area contributed by atoms with Gasteiger partial charge in [-0.25, -0.2) is 9.78 Å². The monoisotopic (exact) mass is 287 g/mol. The summed E-state index contributed by atoms with van der Waals surface area (Å²) in [6.07, 6.45) is 0. The molecule has 3 nitrogen and oxygen atoms in total. The number of para-hydroxylation sites is 1. The Hall–Kier alpha value is -2.13. The first-order valence-electron chi connectivity index (χ1n) is 6.08. The highest BCUT2D eigenvalue weighted by molar-refractivity contribution is 6.06. The quantitative estimate of drug-likeness (QED) is 0.503. The smallest absolute Gasteiger partial charge is 0.340 e. The highest BCUT2D eigenvalue weighted by Gasteiger charge is 2.13. The van der Waals surface area contributed by atoms with E-state index in [9.17, 15) is 4.79 Å². The van der Waals surface area contributed by atoms with Gasteiger partial charge in [0, 0.05) is 10.8 Å². The Kier molecular flexibility index (Phi) is 3.91. The minimum Gasteiger partial charge on any atom is -0.465 e. The number of aryl methyl sites for hydroxylation is 1. The van der Waals surface area contributed by atoms with Crippen LogP contribution in [0.15, 0.2) is 42.5 Å². The minimum atomic E-state index is -0.354. The molecule has 0 aliphatic heterocycles. The first-order valence-corrected chi connectivity index (χ1v) is 6.08. The number of halogens is 1. The SMILES string of the molecule is COC(=O)c1ccc(C)c2cc3ccccc3nc12.Cl. The topological polar surface area (TPSA) is 39.2 Å². The number of hydrogen-bond acceptors (Lipinski definition) is 3. The van der Waals surface area contributed by atoms with Crippen LogP contribution >= 0.6 is 12.4 Å². The van der Waals surface area contributed by atoms with Gasteiger partial charge < -0.3 is 4.74 Å². The van der Waals surface area contributed by atoms with Gasteiger partial charge >= 0.3 is 5.97 Å². The van der Waals surface area contributed by atoms with Gasteiger partial charge in [0.25, 0.3) is 0 Å². The molecule has 0 aliphatic rings. The van der Waals surface area contributed by atoms with E-state index in [4.69, 9.17) is 4.74 Å². The van der Waals surface area contributed by atoms with Crippen LogP contribution in [0.1, 0.15) is 15.9 Å². The van der Waals surface area contributed by atoms with Crippen LogP contribution in [0.25, 0.3) is 21.8 Å². The van der Waals surface area contributed by atoms with Crippen LogP contribution in [0.2, 0.25) is 0 Å². The largest absolute Gasteiger partial charge is 0.465 e. The van der Waals surface area contributed by atoms with Crippen LogP contribution in [0.3, 0.4) is 0 Å². The molecule has 4 heteroatoms. The van der Waals surface area contributed by atoms with Crippen LogP contribution in [0, 0.1) is 6.92 Å². The second kappa shape index (κ2) is 5.47. The molecule has 0 N–H and O–H groups in total. The average Bonchev–Trinajstić information content (AvgIpc) is 2.45. The Morgan fingerprint density at radius 1 is 1.15 bits per heavy atom. The van der Waals surface area contributed by atoms with E-state index in [1.54, 1.807) is 6.07 Å². The number of carbonyl (C=O) groups excluding carboxylic acids is 1. The molecule has 0 amide bonds. The predicted octanol–water partition coefficient (Wildman–Crippen LogP) is 3.90. The summed E-state index contributed by atoms with van der Waals surface area (Å²) >= 11 is 0. The van der Waals surface area contributed by atoms with E-state index in [0.29, 0.717) is 11.1 Å². The van der Waals surface area contributed by atoms with Gasteiger partial charge in [-0.2, -0.15) is 0 Å². The molecule has 0 fully saturated rings. The summed E-state index contributed by atoms with van der Waals surface area (Å²) in [5.41, 5.74) is 3.19. The van der Waals surface area contributed by atoms with Crippen LogP contribution in [-0.4, -0.2) is 18.1 Å². The van der Waals surface area contributed by atoms with Crippen molar-refractivity contribution in [2.75, 3.05) is 7.11 Å². The summed E-state index contributed by atoms with van der Waals surface area (Å²) in [6, 6.07) is 13.6. The lowest BCUT2D eigenvalue weighted by Crippen LogP contribution is -2.03. The van der Waals surface area contributed by atoms with Crippen molar-refractivity contribution in [2.45, 2.75) is 6.92 Å². The van der Waals surface area contributed by atoms with Crippen molar-refractivity contribution in [3.05, 3.63) is 53.6 Å². The summed E-state index contributed by atoms with van der Waals surface area (Å²) in [6.45, 7) is 2.01. The number of aromatic nitrogens is 1. The Bertz CT molecular complexity index is 799. The van der Waals surface area contributed by atoms with E-state index in [2.05, 4.69) is 11.1 Å². The molecule has 0 saturated heterocycles. The third-order valence-corrected chi connectivity index (χ3v) is 3.31. The van der Waals surface area contributed by atoms with Crippen LogP contribution in [0.5, 0.6) is 0 Å². The van der Waals surface area contributed by atoms with Gasteiger partial charge in [-0.15, -0.1) is 12.4 Å². The molecule has 102 valence electrons. The average molecular weight is 288 g/mol. The van der Waals surface area contributed by atoms with E-state index >= 15 is 0 Å². The molecule has 0 aliphatic carbocycles. The summed E-state index contributed by atoms with van der Waals surface area (Å²) in [7, 11) is 1.38. The second-order valence-electron chi connectivity index (χ2n) is 4.50. The third kappa shape index (κ3) is 2.21. The van der Waals surface area contributed by atoms with Crippen molar-refractivity contribution in [3.63, 3.8) is 0 Å². The fourth-order valence-electron chi connectivity index (χ4n) is 2.27. The molecule has 0 radical (unpaired) electrons. The lowest BCUT2D eigenvalue weighted by Gasteiger charge is -2.08. The number of rotatable bonds is 1. The number of methoxy groups -OCH3 is 1. The number of nitrogens with zero attached hydrogens (tertiary/aromatic N) is 1. The molecular weight excluding hydrogens is 274 g/mol. The Morgan fingerprint density at radius 3 is 2.65 bits per heavy atom. The molecule has 0 bridgehead atoms. The maximum Gasteiger partial charge on any atom is 0.340 e. The number of ether oxygens (including phenoxy) is 1. The predicted molar refractivity (Wildman–Crippen MR) is 82.6 cm³/mol. The van der Waals surface area contributed by atoms with Crippen LogP contribution in [0.4, 0.5) is 0 Å². The van der Waals surface area contributed by atoms with Gasteiger partial charge in [-0.3, -0.25) is 0 Å². The molecule has 3 aromatic rings. The van der Waals surface area contributed by atoms with Crippen molar-refractivity contribution >= 4 is 40.2 Å². The molecule has 1 heterocycles. The minimum absolute atomic E-state index is 0. The van der Waals surface area contributed by atoms with Crippen molar-refractivity contribution in [1.29, 1.82) is 0 Å². The lowest BCUT2D eigenvalue weighted by atomic mass is 10.0. The summed E-state index contributed by atoms with van der Waals surface area (Å²) < 4.78 is 4.82. The van der Waals surface area contributed by atoms with Crippen molar-refractivity contribution in [2.24, 2.45) is 0 Å². The highest BCUT2D eigenvalue weighted by Crippen LogP contribution is 2.25. The van der Waals surface area contributed by atoms with Gasteiger partial charge in [0.05, 0.1) is 23.7 Å². The third-order valence-electron chi connectivity index (χ3n) is 3.31. The molecule has 0 atom stereocenters. The number of pyridine rings is 1. The fraction of sp³-hybridized carbons (Fsp3) is 0.125. The standard InChI is InChI=1S/C16H13NO2.ClH/c1-10-7-8-12(16(18)19-2)15-13(10)9-11-5-3-4-6-14(11)17-15;/h3-9H,1-2H3;1H. The van der Waals surface area contributed by atoms with Crippen molar-refractivity contribution in [3.8, 4) is 0 Å². The van der Waals surface area contributed by atoms with E-state index in [1.807, 2.05) is 37.3 Å². The van der Waals surface area contributed by atoms with E-state index in [0.717, 1.165) is 21.9 Å². The number of carbonyl (C=O) groups is 1. The summed E-state index contributed by atoms with van der Waals surface area (Å²) in [5, 5.41) is 2.06. The zero-order valence-corrected chi connectivity index (χ0v) is 12.0. The van der Waals surface area contributed by atoms with Gasteiger partial charge in [-0.05, 0) is 30.7 Å². The van der Waals surface area contributed by atoms with Gasteiger partial charge in [0.2, 0.25) is 0 Å². The number of fused-ring (bicyclic) bond motifs is 2. The molecule has 0 saturated carbocycles. The van der Waals surface area contributed by atoms with Crippen molar-refractivity contribution < 1.29 is 9.53 Å². The van der Waals surface area contributed by atoms with Gasteiger partial charge in [0.1, 0.15) is 0 Å². The lowest BCUT2D eigenvalue weighted by molar-refractivity contribution is 0.0603. The molecule has 2 aromatic carbocycles. The number of benzene rings is 2. The molecule has 1 aromatic heterocycles. The molecule has 20 heavy (non-hydrogen) atoms. The maximum absolute atomic E-state index is 11.8. The molecular formula is C16H14ClNO2. The van der Waals surface area contributed by atoms with E-state index in [-0.39, 0.29) is 18.4 Å². The highest BCUT2D eigenvalue weighted by atomic mass is 35.5. The van der Waals surface area contributed by atoms with E-state index < -0.39 is 0 Å². The van der Waals surface area contributed by atoms with Gasteiger partial charge in [-0.1, -0.05) is 24.3 Å². The number of esters is 1.